The number of carboxylic acid groups (broad SMARTS) is 4. The van der Waals surface area contributed by atoms with E-state index in [1.54, 1.807) is 5.32 Å². The molecule has 0 atom stereocenters. The summed E-state index contributed by atoms with van der Waals surface area (Å²) in [6.45, 7) is -1.98. The van der Waals surface area contributed by atoms with Crippen LogP contribution in [0.3, 0.4) is 0 Å². The van der Waals surface area contributed by atoms with E-state index >= 15 is 0 Å². The summed E-state index contributed by atoms with van der Waals surface area (Å²) in [6.07, 6.45) is -10.3. The summed E-state index contributed by atoms with van der Waals surface area (Å²) < 4.78 is 90.8. The number of aromatic hydroxyl groups is 2. The molecule has 9 N–H and O–H groups in total. The Morgan fingerprint density at radius 1 is 0.511 bits per heavy atom. The van der Waals surface area contributed by atoms with Gasteiger partial charge in [0.05, 0.1) is 96.7 Å². The predicted octanol–water partition coefficient (Wildman–Crippen LogP) is 17.8. The maximum atomic E-state index is 13.3. The second kappa shape index (κ2) is 26.4. The first-order valence-corrected chi connectivity index (χ1v) is 29.1. The molecule has 10 rings (SSSR count). The van der Waals surface area contributed by atoms with Crippen molar-refractivity contribution in [2.24, 2.45) is 10.7 Å². The number of hydrogen-bond donors (Lipinski definition) is 8. The maximum Gasteiger partial charge on any atom is 0.471 e. The first-order chi connectivity index (χ1) is 43.9. The third kappa shape index (κ3) is 13.0. The molecule has 0 bridgehead atoms. The Labute approximate surface area is 568 Å². The van der Waals surface area contributed by atoms with Crippen LogP contribution in [0.2, 0.25) is 50.2 Å². The number of alkyl halides is 6. The zero-order valence-electron chi connectivity index (χ0n) is 45.4. The summed E-state index contributed by atoms with van der Waals surface area (Å²) in [7, 11) is 0. The molecule has 484 valence electrons. The monoisotopic (exact) mass is 1490 g/mol. The van der Waals surface area contributed by atoms with Gasteiger partial charge in [0, 0.05) is 67.4 Å². The Morgan fingerprint density at radius 3 is 1.46 bits per heavy atom. The average molecular weight is 1500 g/mol. The van der Waals surface area contributed by atoms with Crippen molar-refractivity contribution >= 4 is 174 Å². The lowest BCUT2D eigenvalue weighted by Gasteiger charge is -2.22. The van der Waals surface area contributed by atoms with Crippen molar-refractivity contribution in [2.45, 2.75) is 25.4 Å². The van der Waals surface area contributed by atoms with E-state index in [1.807, 2.05) is 0 Å². The molecular formula is C60H27Cl10F6N3O15. The van der Waals surface area contributed by atoms with Crippen LogP contribution in [0.25, 0.3) is 89.1 Å². The molecule has 0 unspecified atom stereocenters. The molecule has 34 heteroatoms. The minimum Gasteiger partial charge on any atom is -0.507 e. The van der Waals surface area contributed by atoms with E-state index < -0.39 is 147 Å². The number of benzene rings is 8. The molecule has 4 aliphatic rings. The number of rotatable bonds is 12. The summed E-state index contributed by atoms with van der Waals surface area (Å²) >= 11 is 63.4. The summed E-state index contributed by atoms with van der Waals surface area (Å²) in [4.78, 5) is 88.7. The highest BCUT2D eigenvalue weighted by molar-refractivity contribution is 6.55. The molecule has 6 aromatic carbocycles. The van der Waals surface area contributed by atoms with Gasteiger partial charge in [-0.15, -0.1) is 0 Å². The highest BCUT2D eigenvalue weighted by Crippen LogP contribution is 2.55. The fourth-order valence-electron chi connectivity index (χ4n) is 9.70. The Hall–Kier alpha value is -8.40. The van der Waals surface area contributed by atoms with Gasteiger partial charge in [-0.2, -0.15) is 26.3 Å². The smallest absolute Gasteiger partial charge is 0.471 e. The van der Waals surface area contributed by atoms with Crippen molar-refractivity contribution in [2.75, 3.05) is 0 Å². The Bertz CT molecular complexity index is 5040. The van der Waals surface area contributed by atoms with E-state index in [4.69, 9.17) is 131 Å². The van der Waals surface area contributed by atoms with Gasteiger partial charge >= 0.3 is 42.1 Å². The second-order valence-electron chi connectivity index (χ2n) is 19.5. The lowest BCUT2D eigenvalue weighted by Crippen LogP contribution is -2.37. The van der Waals surface area contributed by atoms with Crippen molar-refractivity contribution < 1.29 is 89.8 Å². The second-order valence-corrected chi connectivity index (χ2v) is 23.4. The van der Waals surface area contributed by atoms with Gasteiger partial charge < -0.3 is 50.5 Å². The van der Waals surface area contributed by atoms with Crippen LogP contribution in [0.5, 0.6) is 11.5 Å². The van der Waals surface area contributed by atoms with Crippen LogP contribution < -0.4 is 21.9 Å². The van der Waals surface area contributed by atoms with E-state index in [2.05, 4.69) is 4.99 Å². The van der Waals surface area contributed by atoms with Crippen LogP contribution in [0.4, 0.5) is 26.3 Å². The Balaban J connectivity index is 0.000000221. The van der Waals surface area contributed by atoms with Gasteiger partial charge in [-0.25, -0.2) is 19.2 Å². The Kier molecular flexibility index (Phi) is 19.7. The average Bonchev–Trinajstić information content (AvgIpc) is 0.726. The molecule has 2 aliphatic carbocycles. The normalized spacial score (nSPS) is 11.9. The molecule has 0 radical (unpaired) electrons. The van der Waals surface area contributed by atoms with Gasteiger partial charge in [0.2, 0.25) is 16.7 Å². The number of amidine groups is 1. The quantitative estimate of drug-likeness (QED) is 0.0141. The van der Waals surface area contributed by atoms with Crippen LogP contribution in [0.1, 0.15) is 52.6 Å². The third-order valence-electron chi connectivity index (χ3n) is 14.0. The molecular weight excluding hydrogens is 1470 g/mol. The van der Waals surface area contributed by atoms with Crippen LogP contribution in [-0.4, -0.2) is 78.6 Å². The maximum absolute atomic E-state index is 13.3. The van der Waals surface area contributed by atoms with Gasteiger partial charge in [-0.05, 0) is 59.7 Å². The number of carbonyl (C=O) groups is 5. The minimum atomic E-state index is -5.31. The number of phenolic OH excluding ortho intramolecular Hbond substituents is 2. The molecule has 0 aromatic heterocycles. The number of aliphatic imine (C=N–C) groups is 1. The highest BCUT2D eigenvalue weighted by atomic mass is 35.5. The number of nitrogens with two attached hydrogens (primary N) is 1. The molecule has 2 aliphatic heterocycles. The molecule has 1 amide bonds. The number of carbonyl (C=O) groups excluding carboxylic acids is 1. The zero-order chi connectivity index (χ0) is 69.4. The largest absolute Gasteiger partial charge is 0.507 e. The van der Waals surface area contributed by atoms with Crippen LogP contribution in [0, 0.1) is 0 Å². The van der Waals surface area contributed by atoms with Crippen molar-refractivity contribution in [1.82, 2.24) is 5.32 Å². The number of halogens is 16. The van der Waals surface area contributed by atoms with E-state index in [1.165, 1.54) is 60.7 Å². The third-order valence-corrected chi connectivity index (χ3v) is 18.2. The topological polar surface area (TPSA) is 318 Å². The molecule has 0 fully saturated rings. The Morgan fingerprint density at radius 2 is 0.979 bits per heavy atom. The molecule has 94 heavy (non-hydrogen) atoms. The SMILES string of the molecule is NC(=NCc1c(O)c(-c2ccc(C(=O)O)cc2)cc2c(-c3c(Cl)c(Cl)c(Cl)c(Cl)c3C(=O)O)c3cc(Cl)c(=O)cc-3oc12)C(F)(F)F.O=C(O)c1ccc(-c2cc3c(-c4c(Cl)c(Cl)c(Cl)c(Cl)c4C(=O)O)c4cc(Cl)c(=O)c(CNC(=O)C(F)(F)F)c-4oc3cc2O)cc1. The number of nitrogens with zero attached hydrogens (tertiary/aromatic N) is 1. The first kappa shape index (κ1) is 69.9. The number of aromatic carboxylic acids is 4. The highest BCUT2D eigenvalue weighted by Gasteiger charge is 2.40. The summed E-state index contributed by atoms with van der Waals surface area (Å²) in [5.41, 5.74) is -0.527. The fourth-order valence-corrected chi connectivity index (χ4v) is 12.1. The number of carboxylic acids is 4. The number of nitrogens with one attached hydrogen (secondary N) is 1. The molecule has 2 heterocycles. The predicted molar refractivity (Wildman–Crippen MR) is 341 cm³/mol. The number of fused-ring (bicyclic) bond motifs is 4. The fraction of sp³-hybridized carbons (Fsp3) is 0.0667. The molecule has 0 saturated carbocycles. The van der Waals surface area contributed by atoms with Crippen LogP contribution in [0.15, 0.2) is 108 Å². The van der Waals surface area contributed by atoms with Crippen molar-refractivity contribution in [3.05, 3.63) is 189 Å². The number of hydrogen-bond acceptors (Lipinski definition) is 12. The van der Waals surface area contributed by atoms with E-state index in [9.17, 15) is 90.5 Å². The standard InChI is InChI=1S/C30H14Cl5F3N2O7.C30H13Cl5F3NO8/c31-15-6-12-17(7-16(15)41)47-26-13(18(12)19-20(28(45)46)22(33)24(35)23(34)21(19)32)5-11(9-1-3-10(4-2-9)27(43)44)25(42)14(26)8-40-29(39)30(36,37)38;31-15-6-13-18(19-20(28(44)45)22(33)24(35)23(34)21(19)32)12-5-11(9-1-3-10(4-2-9)27(42)43)16(40)7-17(12)47-26(13)14(25(15)41)8-39-29(46)30(36,37)38/h1-7,42H,8H2,(H2,39,40)(H,43,44)(H,45,46);1-7,40H,8H2,(H,39,46)(H,42,43)(H,44,45). The minimum absolute atomic E-state index is 0.00791. The van der Waals surface area contributed by atoms with E-state index in [0.717, 1.165) is 24.3 Å². The van der Waals surface area contributed by atoms with E-state index in [-0.39, 0.29) is 104 Å². The van der Waals surface area contributed by atoms with Gasteiger partial charge in [-0.3, -0.25) is 19.4 Å². The molecule has 0 spiro atoms. The first-order valence-electron chi connectivity index (χ1n) is 25.4. The van der Waals surface area contributed by atoms with Gasteiger partial charge in [0.25, 0.3) is 0 Å². The van der Waals surface area contributed by atoms with Crippen LogP contribution >= 0.6 is 116 Å². The summed E-state index contributed by atoms with van der Waals surface area (Å²) in [6, 6.07) is 17.1. The molecule has 0 saturated heterocycles. The summed E-state index contributed by atoms with van der Waals surface area (Å²) in [5.74, 6) is -11.7. The van der Waals surface area contributed by atoms with Crippen molar-refractivity contribution in [3.63, 3.8) is 0 Å². The number of phenols is 2. The van der Waals surface area contributed by atoms with Gasteiger partial charge in [0.15, 0.2) is 0 Å². The van der Waals surface area contributed by atoms with E-state index in [0.29, 0.717) is 5.56 Å². The van der Waals surface area contributed by atoms with Gasteiger partial charge in [-0.1, -0.05) is 140 Å². The lowest BCUT2D eigenvalue weighted by molar-refractivity contribution is -0.173. The van der Waals surface area contributed by atoms with Crippen molar-refractivity contribution in [3.8, 4) is 78.7 Å². The zero-order valence-corrected chi connectivity index (χ0v) is 53.0. The van der Waals surface area contributed by atoms with Crippen LogP contribution in [-0.2, 0) is 17.9 Å². The van der Waals surface area contributed by atoms with Crippen molar-refractivity contribution in [1.29, 1.82) is 0 Å². The summed E-state index contributed by atoms with van der Waals surface area (Å²) in [5, 5.41) is 58.6. The lowest BCUT2D eigenvalue weighted by atomic mass is 9.87. The molecule has 6 aromatic rings. The molecule has 18 nitrogen and oxygen atoms in total. The number of amides is 1. The van der Waals surface area contributed by atoms with Gasteiger partial charge in [0.1, 0.15) is 34.2 Å².